The zero-order valence-electron chi connectivity index (χ0n) is 7.61. The molecule has 2 aromatic rings. The van der Waals surface area contributed by atoms with Gasteiger partial charge in [0.1, 0.15) is 17.1 Å². The van der Waals surface area contributed by atoms with Crippen LogP contribution in [0.2, 0.25) is 0 Å². The molecule has 0 fully saturated rings. The molecule has 2 rings (SSSR count). The monoisotopic (exact) mass is 206 g/mol. The largest absolute Gasteiger partial charge is 0.478 e. The first-order valence-electron chi connectivity index (χ1n) is 4.26. The molecule has 0 aliphatic heterocycles. The molecule has 0 unspecified atom stereocenters. The summed E-state index contributed by atoms with van der Waals surface area (Å²) in [6.45, 7) is 0. The van der Waals surface area contributed by atoms with E-state index in [1.54, 1.807) is 12.1 Å². The SMILES string of the molecule is O=C(O)c1c(F)cccc1-c1ccco1. The van der Waals surface area contributed by atoms with E-state index in [2.05, 4.69) is 0 Å². The number of carbonyl (C=O) groups is 1. The van der Waals surface area contributed by atoms with Crippen LogP contribution in [0.1, 0.15) is 10.4 Å². The number of aromatic carboxylic acids is 1. The Kier molecular flexibility index (Phi) is 2.25. The summed E-state index contributed by atoms with van der Waals surface area (Å²) in [6, 6.07) is 7.26. The van der Waals surface area contributed by atoms with Crippen LogP contribution in [0.25, 0.3) is 11.3 Å². The maximum Gasteiger partial charge on any atom is 0.339 e. The summed E-state index contributed by atoms with van der Waals surface area (Å²) < 4.78 is 18.3. The van der Waals surface area contributed by atoms with Crippen molar-refractivity contribution in [2.45, 2.75) is 0 Å². The van der Waals surface area contributed by atoms with E-state index in [1.165, 1.54) is 18.4 Å². The predicted octanol–water partition coefficient (Wildman–Crippen LogP) is 2.78. The van der Waals surface area contributed by atoms with Gasteiger partial charge in [0.2, 0.25) is 0 Å². The highest BCUT2D eigenvalue weighted by atomic mass is 19.1. The Morgan fingerprint density at radius 1 is 1.27 bits per heavy atom. The first-order chi connectivity index (χ1) is 7.20. The van der Waals surface area contributed by atoms with Gasteiger partial charge >= 0.3 is 5.97 Å². The minimum absolute atomic E-state index is 0.243. The molecule has 0 atom stereocenters. The molecule has 1 heterocycles. The Morgan fingerprint density at radius 3 is 2.67 bits per heavy atom. The number of carboxylic acid groups (broad SMARTS) is 1. The summed E-state index contributed by atoms with van der Waals surface area (Å²) in [7, 11) is 0. The molecule has 0 spiro atoms. The van der Waals surface area contributed by atoms with Crippen LogP contribution in [0.5, 0.6) is 0 Å². The topological polar surface area (TPSA) is 50.4 Å². The van der Waals surface area contributed by atoms with Gasteiger partial charge in [0, 0.05) is 5.56 Å². The van der Waals surface area contributed by atoms with Crippen LogP contribution in [0.15, 0.2) is 41.0 Å². The third-order valence-corrected chi connectivity index (χ3v) is 2.01. The number of carboxylic acids is 1. The number of halogens is 1. The van der Waals surface area contributed by atoms with Gasteiger partial charge in [-0.25, -0.2) is 9.18 Å². The molecule has 0 radical (unpaired) electrons. The molecule has 0 aliphatic carbocycles. The second-order valence-electron chi connectivity index (χ2n) is 2.94. The molecule has 15 heavy (non-hydrogen) atoms. The van der Waals surface area contributed by atoms with Gasteiger partial charge < -0.3 is 9.52 Å². The molecule has 0 saturated carbocycles. The van der Waals surface area contributed by atoms with Crippen molar-refractivity contribution in [1.82, 2.24) is 0 Å². The van der Waals surface area contributed by atoms with E-state index in [0.717, 1.165) is 6.07 Å². The molecular weight excluding hydrogens is 199 g/mol. The fraction of sp³-hybridized carbons (Fsp3) is 0. The predicted molar refractivity (Wildman–Crippen MR) is 51.1 cm³/mol. The van der Waals surface area contributed by atoms with Crippen molar-refractivity contribution >= 4 is 5.97 Å². The third-order valence-electron chi connectivity index (χ3n) is 2.01. The zero-order valence-corrected chi connectivity index (χ0v) is 7.61. The quantitative estimate of drug-likeness (QED) is 0.821. The van der Waals surface area contributed by atoms with E-state index in [1.807, 2.05) is 0 Å². The van der Waals surface area contributed by atoms with Gasteiger partial charge in [-0.15, -0.1) is 0 Å². The van der Waals surface area contributed by atoms with E-state index in [4.69, 9.17) is 9.52 Å². The summed E-state index contributed by atoms with van der Waals surface area (Å²) >= 11 is 0. The van der Waals surface area contributed by atoms with E-state index in [0.29, 0.717) is 5.76 Å². The van der Waals surface area contributed by atoms with Gasteiger partial charge in [-0.1, -0.05) is 12.1 Å². The van der Waals surface area contributed by atoms with Crippen molar-refractivity contribution in [2.24, 2.45) is 0 Å². The first-order valence-corrected chi connectivity index (χ1v) is 4.26. The molecule has 4 heteroatoms. The average Bonchev–Trinajstić information content (AvgIpc) is 2.69. The van der Waals surface area contributed by atoms with Gasteiger partial charge in [-0.2, -0.15) is 0 Å². The second kappa shape index (κ2) is 3.57. The molecular formula is C11H7FO3. The lowest BCUT2D eigenvalue weighted by Crippen LogP contribution is -2.02. The standard InChI is InChI=1S/C11H7FO3/c12-8-4-1-3-7(10(8)11(13)14)9-5-2-6-15-9/h1-6H,(H,13,14). The summed E-state index contributed by atoms with van der Waals surface area (Å²) in [5.41, 5.74) is -0.125. The molecule has 0 amide bonds. The summed E-state index contributed by atoms with van der Waals surface area (Å²) in [6.07, 6.45) is 1.41. The zero-order chi connectivity index (χ0) is 10.8. The second-order valence-corrected chi connectivity index (χ2v) is 2.94. The van der Waals surface area contributed by atoms with Crippen LogP contribution in [0.4, 0.5) is 4.39 Å². The summed E-state index contributed by atoms with van der Waals surface area (Å²) in [5.74, 6) is -1.73. The van der Waals surface area contributed by atoms with Crippen LogP contribution >= 0.6 is 0 Å². The smallest absolute Gasteiger partial charge is 0.339 e. The number of hydrogen-bond donors (Lipinski definition) is 1. The van der Waals surface area contributed by atoms with E-state index >= 15 is 0 Å². The molecule has 0 saturated heterocycles. The highest BCUT2D eigenvalue weighted by Gasteiger charge is 2.17. The van der Waals surface area contributed by atoms with Gasteiger partial charge in [0.15, 0.2) is 0 Å². The Hall–Kier alpha value is -2.10. The van der Waals surface area contributed by atoms with Gasteiger partial charge in [-0.05, 0) is 18.2 Å². The van der Waals surface area contributed by atoms with Crippen LogP contribution in [-0.4, -0.2) is 11.1 Å². The molecule has 1 N–H and O–H groups in total. The van der Waals surface area contributed by atoms with Crippen molar-refractivity contribution < 1.29 is 18.7 Å². The third kappa shape index (κ3) is 1.61. The van der Waals surface area contributed by atoms with E-state index < -0.39 is 11.8 Å². The van der Waals surface area contributed by atoms with Gasteiger partial charge in [0.05, 0.1) is 6.26 Å². The summed E-state index contributed by atoms with van der Waals surface area (Å²) in [4.78, 5) is 10.9. The number of furan rings is 1. The molecule has 1 aromatic heterocycles. The van der Waals surface area contributed by atoms with Crippen molar-refractivity contribution in [2.75, 3.05) is 0 Å². The Labute approximate surface area is 84.8 Å². The maximum atomic E-state index is 13.3. The Bertz CT molecular complexity index is 489. The van der Waals surface area contributed by atoms with E-state index in [9.17, 15) is 9.18 Å². The van der Waals surface area contributed by atoms with Crippen molar-refractivity contribution in [3.63, 3.8) is 0 Å². The fourth-order valence-electron chi connectivity index (χ4n) is 1.38. The lowest BCUT2D eigenvalue weighted by Gasteiger charge is -2.03. The average molecular weight is 206 g/mol. The lowest BCUT2D eigenvalue weighted by atomic mass is 10.1. The summed E-state index contributed by atoms with van der Waals surface area (Å²) in [5, 5.41) is 8.86. The molecule has 76 valence electrons. The highest BCUT2D eigenvalue weighted by Crippen LogP contribution is 2.25. The van der Waals surface area contributed by atoms with Crippen molar-refractivity contribution in [1.29, 1.82) is 0 Å². The van der Waals surface area contributed by atoms with Gasteiger partial charge in [0.25, 0.3) is 0 Å². The van der Waals surface area contributed by atoms with Crippen molar-refractivity contribution in [3.8, 4) is 11.3 Å². The van der Waals surface area contributed by atoms with Crippen LogP contribution < -0.4 is 0 Å². The Balaban J connectivity index is 2.66. The molecule has 1 aromatic carbocycles. The highest BCUT2D eigenvalue weighted by molar-refractivity contribution is 5.95. The minimum Gasteiger partial charge on any atom is -0.478 e. The first kappa shape index (κ1) is 9.45. The van der Waals surface area contributed by atoms with Crippen molar-refractivity contribution in [3.05, 3.63) is 48.0 Å². The Morgan fingerprint density at radius 2 is 2.07 bits per heavy atom. The number of hydrogen-bond acceptors (Lipinski definition) is 2. The lowest BCUT2D eigenvalue weighted by molar-refractivity contribution is 0.0692. The molecule has 0 bridgehead atoms. The van der Waals surface area contributed by atoms with Crippen LogP contribution in [-0.2, 0) is 0 Å². The fourth-order valence-corrected chi connectivity index (χ4v) is 1.38. The van der Waals surface area contributed by atoms with E-state index in [-0.39, 0.29) is 11.1 Å². The molecule has 0 aliphatic rings. The number of benzene rings is 1. The normalized spacial score (nSPS) is 10.2. The maximum absolute atomic E-state index is 13.3. The van der Waals surface area contributed by atoms with Gasteiger partial charge in [-0.3, -0.25) is 0 Å². The van der Waals surface area contributed by atoms with Crippen LogP contribution in [0.3, 0.4) is 0 Å². The van der Waals surface area contributed by atoms with Crippen LogP contribution in [0, 0.1) is 5.82 Å². The molecule has 3 nitrogen and oxygen atoms in total. The minimum atomic E-state index is -1.31. The number of rotatable bonds is 2.